The van der Waals surface area contributed by atoms with Crippen molar-refractivity contribution in [3.05, 3.63) is 58.9 Å². The van der Waals surface area contributed by atoms with Crippen LogP contribution in [0.5, 0.6) is 0 Å². The van der Waals surface area contributed by atoms with Crippen LogP contribution in [0.15, 0.2) is 41.9 Å². The van der Waals surface area contributed by atoms with Crippen LogP contribution in [0.25, 0.3) is 4.96 Å². The van der Waals surface area contributed by atoms with Gasteiger partial charge in [0.15, 0.2) is 4.96 Å². The Morgan fingerprint density at radius 3 is 2.45 bits per heavy atom. The van der Waals surface area contributed by atoms with Crippen molar-refractivity contribution in [2.45, 2.75) is 46.6 Å². The third-order valence-electron chi connectivity index (χ3n) is 4.25. The van der Waals surface area contributed by atoms with Crippen LogP contribution in [-0.2, 0) is 4.74 Å². The molecule has 0 atom stereocenters. The van der Waals surface area contributed by atoms with E-state index in [1.807, 2.05) is 57.5 Å². The van der Waals surface area contributed by atoms with Gasteiger partial charge in [-0.2, -0.15) is 0 Å². The molecule has 0 bridgehead atoms. The zero-order valence-electron chi connectivity index (χ0n) is 19.1. The van der Waals surface area contributed by atoms with Crippen molar-refractivity contribution in [2.24, 2.45) is 0 Å². The van der Waals surface area contributed by atoms with Crippen LogP contribution >= 0.6 is 11.3 Å². The first kappa shape index (κ1) is 24.4. The molecule has 0 saturated heterocycles. The van der Waals surface area contributed by atoms with Gasteiger partial charge in [-0.05, 0) is 41.0 Å². The molecule has 0 aliphatic carbocycles. The quantitative estimate of drug-likeness (QED) is 0.580. The van der Waals surface area contributed by atoms with Crippen LogP contribution in [-0.4, -0.2) is 52.0 Å². The summed E-state index contributed by atoms with van der Waals surface area (Å²) in [4.78, 5) is 30.9. The van der Waals surface area contributed by atoms with Crippen molar-refractivity contribution in [2.75, 3.05) is 20.1 Å². The summed E-state index contributed by atoms with van der Waals surface area (Å²) in [6, 6.07) is 10.3. The number of carbonyl (C=O) groups is 2. The number of aryl methyl sites for hydroxylation is 2. The Bertz CT molecular complexity index is 989. The normalized spacial score (nSPS) is 10.9. The first-order chi connectivity index (χ1) is 14.6. The lowest BCUT2D eigenvalue weighted by molar-refractivity contribution is 0.0297. The lowest BCUT2D eigenvalue weighted by Gasteiger charge is -2.24. The van der Waals surface area contributed by atoms with Crippen molar-refractivity contribution in [3.8, 4) is 0 Å². The number of nitrogens with zero attached hydrogens (tertiary/aromatic N) is 3. The minimum Gasteiger partial charge on any atom is -0.444 e. The SMILES string of the molecule is Cc1ccccc1.Cc1nc2sccn2c1C(=O)NCCCN(C)C(=O)OC(C)(C)C. The Hall–Kier alpha value is -2.87. The third kappa shape index (κ3) is 7.71. The largest absolute Gasteiger partial charge is 0.444 e. The number of thiazole rings is 1. The molecule has 3 rings (SSSR count). The molecule has 7 nitrogen and oxygen atoms in total. The summed E-state index contributed by atoms with van der Waals surface area (Å²) in [5.41, 5.74) is 2.09. The average molecular weight is 445 g/mol. The fraction of sp³-hybridized carbons (Fsp3) is 0.435. The molecular weight excluding hydrogens is 412 g/mol. The van der Waals surface area contributed by atoms with Crippen LogP contribution in [0.4, 0.5) is 4.79 Å². The van der Waals surface area contributed by atoms with E-state index in [4.69, 9.17) is 4.74 Å². The highest BCUT2D eigenvalue weighted by Gasteiger charge is 2.20. The maximum absolute atomic E-state index is 12.3. The Balaban J connectivity index is 0.000000412. The number of nitrogens with one attached hydrogen (secondary N) is 1. The van der Waals surface area contributed by atoms with Crippen molar-refractivity contribution in [1.29, 1.82) is 0 Å². The second-order valence-corrected chi connectivity index (χ2v) is 9.14. The highest BCUT2D eigenvalue weighted by atomic mass is 32.1. The van der Waals surface area contributed by atoms with Crippen LogP contribution in [0, 0.1) is 13.8 Å². The van der Waals surface area contributed by atoms with Gasteiger partial charge < -0.3 is 15.0 Å². The summed E-state index contributed by atoms with van der Waals surface area (Å²) in [7, 11) is 1.69. The molecule has 0 unspecified atom stereocenters. The molecule has 1 N–H and O–H groups in total. The molecule has 0 aliphatic rings. The number of benzene rings is 1. The number of ether oxygens (including phenoxy) is 1. The molecule has 2 heterocycles. The van der Waals surface area contributed by atoms with Crippen LogP contribution < -0.4 is 5.32 Å². The Kier molecular flexibility index (Phi) is 8.62. The highest BCUT2D eigenvalue weighted by molar-refractivity contribution is 7.15. The van der Waals surface area contributed by atoms with Gasteiger partial charge >= 0.3 is 6.09 Å². The molecule has 0 fully saturated rings. The molecule has 168 valence electrons. The number of amides is 2. The van der Waals surface area contributed by atoms with Gasteiger partial charge in [-0.25, -0.2) is 9.78 Å². The number of carbonyl (C=O) groups excluding carboxylic acids is 2. The summed E-state index contributed by atoms with van der Waals surface area (Å²) in [6.45, 7) is 10.4. The van der Waals surface area contributed by atoms with Gasteiger partial charge in [0.25, 0.3) is 5.91 Å². The minimum atomic E-state index is -0.509. The smallest absolute Gasteiger partial charge is 0.410 e. The average Bonchev–Trinajstić information content (AvgIpc) is 3.24. The van der Waals surface area contributed by atoms with Gasteiger partial charge in [0.1, 0.15) is 11.3 Å². The third-order valence-corrected chi connectivity index (χ3v) is 5.01. The summed E-state index contributed by atoms with van der Waals surface area (Å²) in [5.74, 6) is -0.154. The van der Waals surface area contributed by atoms with Gasteiger partial charge in [0, 0.05) is 31.7 Å². The molecule has 0 saturated carbocycles. The number of hydrogen-bond donors (Lipinski definition) is 1. The number of hydrogen-bond acceptors (Lipinski definition) is 5. The molecule has 1 aromatic carbocycles. The molecule has 0 aliphatic heterocycles. The molecule has 0 radical (unpaired) electrons. The van der Waals surface area contributed by atoms with E-state index in [0.29, 0.717) is 30.9 Å². The number of rotatable bonds is 5. The van der Waals surface area contributed by atoms with E-state index in [-0.39, 0.29) is 12.0 Å². The predicted molar refractivity (Wildman–Crippen MR) is 125 cm³/mol. The predicted octanol–water partition coefficient (Wildman–Crippen LogP) is 4.69. The zero-order chi connectivity index (χ0) is 23.0. The van der Waals surface area contributed by atoms with Gasteiger partial charge in [-0.15, -0.1) is 11.3 Å². The van der Waals surface area contributed by atoms with Crippen LogP contribution in [0.3, 0.4) is 0 Å². The Morgan fingerprint density at radius 2 is 1.87 bits per heavy atom. The highest BCUT2D eigenvalue weighted by Crippen LogP contribution is 2.16. The van der Waals surface area contributed by atoms with Crippen LogP contribution in [0.1, 0.15) is 48.9 Å². The van der Waals surface area contributed by atoms with Gasteiger partial charge in [-0.1, -0.05) is 35.9 Å². The first-order valence-corrected chi connectivity index (χ1v) is 11.1. The van der Waals surface area contributed by atoms with Crippen LogP contribution in [0.2, 0.25) is 0 Å². The maximum atomic E-state index is 12.3. The summed E-state index contributed by atoms with van der Waals surface area (Å²) in [5, 5.41) is 4.77. The topological polar surface area (TPSA) is 75.9 Å². The second-order valence-electron chi connectivity index (χ2n) is 8.27. The van der Waals surface area contributed by atoms with E-state index >= 15 is 0 Å². The zero-order valence-corrected chi connectivity index (χ0v) is 20.0. The fourth-order valence-corrected chi connectivity index (χ4v) is 3.49. The summed E-state index contributed by atoms with van der Waals surface area (Å²) >= 11 is 1.49. The van der Waals surface area contributed by atoms with Gasteiger partial charge in [0.2, 0.25) is 0 Å². The molecular formula is C23H32N4O3S. The maximum Gasteiger partial charge on any atom is 0.410 e. The summed E-state index contributed by atoms with van der Waals surface area (Å²) < 4.78 is 7.07. The molecule has 0 spiro atoms. The van der Waals surface area contributed by atoms with Crippen molar-refractivity contribution >= 4 is 28.3 Å². The summed E-state index contributed by atoms with van der Waals surface area (Å²) in [6.07, 6.45) is 2.12. The lowest BCUT2D eigenvalue weighted by Crippen LogP contribution is -2.36. The van der Waals surface area contributed by atoms with E-state index in [1.165, 1.54) is 21.8 Å². The van der Waals surface area contributed by atoms with E-state index in [2.05, 4.69) is 29.4 Å². The molecule has 2 aromatic heterocycles. The van der Waals surface area contributed by atoms with Crippen molar-refractivity contribution < 1.29 is 14.3 Å². The van der Waals surface area contributed by atoms with E-state index in [0.717, 1.165) is 4.96 Å². The molecule has 31 heavy (non-hydrogen) atoms. The Morgan fingerprint density at radius 1 is 1.19 bits per heavy atom. The molecule has 3 aromatic rings. The van der Waals surface area contributed by atoms with Crippen molar-refractivity contribution in [1.82, 2.24) is 19.6 Å². The van der Waals surface area contributed by atoms with E-state index < -0.39 is 5.60 Å². The van der Waals surface area contributed by atoms with E-state index in [9.17, 15) is 9.59 Å². The lowest BCUT2D eigenvalue weighted by atomic mass is 10.2. The molecule has 8 heteroatoms. The number of aromatic nitrogens is 2. The monoisotopic (exact) mass is 444 g/mol. The standard InChI is InChI=1S/C16H24N4O3S.C7H8/c1-11-12(20-9-10-24-14(20)18-11)13(21)17-7-6-8-19(5)15(22)23-16(2,3)4;1-7-5-3-2-4-6-7/h9-10H,6-8H2,1-5H3,(H,17,21);2-6H,1H3. The first-order valence-electron chi connectivity index (χ1n) is 10.2. The number of imidazole rings is 1. The Labute approximate surface area is 188 Å². The van der Waals surface area contributed by atoms with Gasteiger partial charge in [0.05, 0.1) is 5.69 Å². The number of fused-ring (bicyclic) bond motifs is 1. The van der Waals surface area contributed by atoms with Crippen molar-refractivity contribution in [3.63, 3.8) is 0 Å². The second kappa shape index (κ2) is 10.9. The fourth-order valence-electron chi connectivity index (χ4n) is 2.73. The van der Waals surface area contributed by atoms with E-state index in [1.54, 1.807) is 11.4 Å². The van der Waals surface area contributed by atoms with Gasteiger partial charge in [-0.3, -0.25) is 9.20 Å². The molecule has 2 amide bonds. The minimum absolute atomic E-state index is 0.154.